The average Bonchev–Trinajstić information content (AvgIpc) is 2.05. The zero-order valence-corrected chi connectivity index (χ0v) is 8.60. The molecule has 0 aromatic carbocycles. The minimum Gasteiger partial charge on any atom is -0.353 e. The van der Waals surface area contributed by atoms with E-state index in [4.69, 9.17) is 5.73 Å². The zero-order chi connectivity index (χ0) is 10.1. The van der Waals surface area contributed by atoms with Gasteiger partial charge in [-0.05, 0) is 13.3 Å². The number of nitrogens with one attached hydrogen (secondary N) is 2. The van der Waals surface area contributed by atoms with E-state index in [1.54, 1.807) is 0 Å². The minimum atomic E-state index is 0.0504. The molecule has 1 atom stereocenters. The van der Waals surface area contributed by atoms with Gasteiger partial charge in [0.25, 0.3) is 0 Å². The summed E-state index contributed by atoms with van der Waals surface area (Å²) in [5.74, 6) is 0.0504. The Kier molecular flexibility index (Phi) is 7.63. The van der Waals surface area contributed by atoms with E-state index in [1.165, 1.54) is 0 Å². The summed E-state index contributed by atoms with van der Waals surface area (Å²) >= 11 is 0. The van der Waals surface area contributed by atoms with Crippen LogP contribution in [0.3, 0.4) is 0 Å². The van der Waals surface area contributed by atoms with Gasteiger partial charge in [0.05, 0.1) is 6.54 Å². The number of rotatable bonds is 7. The molecule has 4 N–H and O–H groups in total. The molecule has 4 heteroatoms. The number of hydrogen-bond acceptors (Lipinski definition) is 3. The zero-order valence-electron chi connectivity index (χ0n) is 8.60. The standard InChI is InChI=1S/C9H21N3O/c1-3-4-8(2)12-9(13)7-11-6-5-10/h8,11H,3-7,10H2,1-2H3,(H,12,13). The van der Waals surface area contributed by atoms with E-state index >= 15 is 0 Å². The Morgan fingerprint density at radius 2 is 2.23 bits per heavy atom. The van der Waals surface area contributed by atoms with Crippen LogP contribution in [0.4, 0.5) is 0 Å². The number of hydrogen-bond donors (Lipinski definition) is 3. The number of nitrogens with two attached hydrogens (primary N) is 1. The van der Waals surface area contributed by atoms with E-state index < -0.39 is 0 Å². The molecule has 0 aromatic rings. The van der Waals surface area contributed by atoms with Gasteiger partial charge >= 0.3 is 0 Å². The Morgan fingerprint density at radius 1 is 1.54 bits per heavy atom. The van der Waals surface area contributed by atoms with Gasteiger partial charge in [-0.25, -0.2) is 0 Å². The second-order valence-corrected chi connectivity index (χ2v) is 3.22. The van der Waals surface area contributed by atoms with Gasteiger partial charge in [-0.15, -0.1) is 0 Å². The van der Waals surface area contributed by atoms with Crippen molar-refractivity contribution >= 4 is 5.91 Å². The number of carbonyl (C=O) groups is 1. The summed E-state index contributed by atoms with van der Waals surface area (Å²) < 4.78 is 0. The summed E-state index contributed by atoms with van der Waals surface area (Å²) in [5, 5.41) is 5.84. The highest BCUT2D eigenvalue weighted by Crippen LogP contribution is 1.93. The number of amides is 1. The molecule has 0 bridgehead atoms. The Morgan fingerprint density at radius 3 is 2.77 bits per heavy atom. The molecule has 0 aliphatic carbocycles. The molecule has 0 fully saturated rings. The maximum absolute atomic E-state index is 11.2. The van der Waals surface area contributed by atoms with Crippen molar-refractivity contribution in [1.82, 2.24) is 10.6 Å². The van der Waals surface area contributed by atoms with E-state index in [1.807, 2.05) is 6.92 Å². The van der Waals surface area contributed by atoms with Gasteiger partial charge in [0.1, 0.15) is 0 Å². The highest BCUT2D eigenvalue weighted by molar-refractivity contribution is 5.78. The average molecular weight is 187 g/mol. The van der Waals surface area contributed by atoms with E-state index in [-0.39, 0.29) is 11.9 Å². The molecule has 1 unspecified atom stereocenters. The molecule has 13 heavy (non-hydrogen) atoms. The SMILES string of the molecule is CCCC(C)NC(=O)CNCCN. The van der Waals surface area contributed by atoms with Crippen LogP contribution in [0.1, 0.15) is 26.7 Å². The van der Waals surface area contributed by atoms with Crippen LogP contribution in [0, 0.1) is 0 Å². The van der Waals surface area contributed by atoms with Crippen LogP contribution < -0.4 is 16.4 Å². The molecular weight excluding hydrogens is 166 g/mol. The van der Waals surface area contributed by atoms with Crippen molar-refractivity contribution in [3.8, 4) is 0 Å². The van der Waals surface area contributed by atoms with Crippen LogP contribution in [-0.2, 0) is 4.79 Å². The third kappa shape index (κ3) is 7.74. The summed E-state index contributed by atoms with van der Waals surface area (Å²) in [4.78, 5) is 11.2. The quantitative estimate of drug-likeness (QED) is 0.485. The van der Waals surface area contributed by atoms with Crippen molar-refractivity contribution in [2.45, 2.75) is 32.7 Å². The van der Waals surface area contributed by atoms with Gasteiger partial charge in [-0.1, -0.05) is 13.3 Å². The van der Waals surface area contributed by atoms with Gasteiger partial charge in [0, 0.05) is 19.1 Å². The van der Waals surface area contributed by atoms with Crippen molar-refractivity contribution in [2.75, 3.05) is 19.6 Å². The maximum atomic E-state index is 11.2. The fourth-order valence-electron chi connectivity index (χ4n) is 1.14. The van der Waals surface area contributed by atoms with Gasteiger partial charge in [0.2, 0.25) is 5.91 Å². The van der Waals surface area contributed by atoms with Gasteiger partial charge in [-0.2, -0.15) is 0 Å². The maximum Gasteiger partial charge on any atom is 0.234 e. The Balaban J connectivity index is 3.38. The lowest BCUT2D eigenvalue weighted by molar-refractivity contribution is -0.120. The summed E-state index contributed by atoms with van der Waals surface area (Å²) in [6, 6.07) is 0.275. The third-order valence-corrected chi connectivity index (χ3v) is 1.74. The topological polar surface area (TPSA) is 67.2 Å². The van der Waals surface area contributed by atoms with Crippen molar-refractivity contribution in [3.05, 3.63) is 0 Å². The highest BCUT2D eigenvalue weighted by atomic mass is 16.1. The van der Waals surface area contributed by atoms with Crippen molar-refractivity contribution < 1.29 is 4.79 Å². The fraction of sp³-hybridized carbons (Fsp3) is 0.889. The Labute approximate surface area is 80.3 Å². The molecule has 78 valence electrons. The van der Waals surface area contributed by atoms with Crippen LogP contribution in [0.2, 0.25) is 0 Å². The van der Waals surface area contributed by atoms with E-state index in [2.05, 4.69) is 17.6 Å². The first-order valence-electron chi connectivity index (χ1n) is 4.90. The largest absolute Gasteiger partial charge is 0.353 e. The molecular formula is C9H21N3O. The summed E-state index contributed by atoms with van der Waals surface area (Å²) in [7, 11) is 0. The molecule has 0 radical (unpaired) electrons. The lowest BCUT2D eigenvalue weighted by Gasteiger charge is -2.12. The molecule has 0 saturated heterocycles. The normalized spacial score (nSPS) is 12.5. The molecule has 0 aromatic heterocycles. The monoisotopic (exact) mass is 187 g/mol. The Bertz CT molecular complexity index is 139. The van der Waals surface area contributed by atoms with Crippen LogP contribution in [0.5, 0.6) is 0 Å². The van der Waals surface area contributed by atoms with E-state index in [0.717, 1.165) is 12.8 Å². The van der Waals surface area contributed by atoms with Crippen LogP contribution in [0.25, 0.3) is 0 Å². The third-order valence-electron chi connectivity index (χ3n) is 1.74. The molecule has 0 aliphatic rings. The molecule has 0 heterocycles. The Hall–Kier alpha value is -0.610. The molecule has 0 spiro atoms. The minimum absolute atomic E-state index is 0.0504. The van der Waals surface area contributed by atoms with Gasteiger partial charge in [-0.3, -0.25) is 4.79 Å². The van der Waals surface area contributed by atoms with Crippen molar-refractivity contribution in [1.29, 1.82) is 0 Å². The van der Waals surface area contributed by atoms with Crippen LogP contribution in [0.15, 0.2) is 0 Å². The highest BCUT2D eigenvalue weighted by Gasteiger charge is 2.04. The molecule has 0 saturated carbocycles. The molecule has 1 amide bonds. The van der Waals surface area contributed by atoms with E-state index in [0.29, 0.717) is 19.6 Å². The second kappa shape index (κ2) is 8.01. The van der Waals surface area contributed by atoms with Gasteiger partial charge < -0.3 is 16.4 Å². The predicted molar refractivity (Wildman–Crippen MR) is 54.4 cm³/mol. The second-order valence-electron chi connectivity index (χ2n) is 3.22. The summed E-state index contributed by atoms with van der Waals surface area (Å²) in [6.45, 7) is 5.75. The first-order valence-corrected chi connectivity index (χ1v) is 4.90. The summed E-state index contributed by atoms with van der Waals surface area (Å²) in [6.07, 6.45) is 2.13. The lowest BCUT2D eigenvalue weighted by atomic mass is 10.2. The van der Waals surface area contributed by atoms with Gasteiger partial charge in [0.15, 0.2) is 0 Å². The van der Waals surface area contributed by atoms with Crippen molar-refractivity contribution in [3.63, 3.8) is 0 Å². The molecule has 0 rings (SSSR count). The molecule has 4 nitrogen and oxygen atoms in total. The first kappa shape index (κ1) is 12.4. The number of carbonyl (C=O) groups excluding carboxylic acids is 1. The smallest absolute Gasteiger partial charge is 0.234 e. The van der Waals surface area contributed by atoms with Crippen LogP contribution in [-0.4, -0.2) is 31.6 Å². The van der Waals surface area contributed by atoms with Crippen molar-refractivity contribution in [2.24, 2.45) is 5.73 Å². The first-order chi connectivity index (χ1) is 6.20. The van der Waals surface area contributed by atoms with E-state index in [9.17, 15) is 4.79 Å². The lowest BCUT2D eigenvalue weighted by Crippen LogP contribution is -2.40. The van der Waals surface area contributed by atoms with Crippen LogP contribution >= 0.6 is 0 Å². The fourth-order valence-corrected chi connectivity index (χ4v) is 1.14. The predicted octanol–water partition coefficient (Wildman–Crippen LogP) is -0.160. The summed E-state index contributed by atoms with van der Waals surface area (Å²) in [5.41, 5.74) is 5.27. The molecule has 0 aliphatic heterocycles.